The zero-order valence-electron chi connectivity index (χ0n) is 22.9. The number of benzene rings is 3. The first-order chi connectivity index (χ1) is 18.9. The first kappa shape index (κ1) is 22.9. The number of rotatable bonds is 2. The van der Waals surface area contributed by atoms with Crippen molar-refractivity contribution in [3.05, 3.63) is 108 Å². The summed E-state index contributed by atoms with van der Waals surface area (Å²) in [6.45, 7) is 7.21. The van der Waals surface area contributed by atoms with Crippen LogP contribution in [0.2, 0.25) is 13.1 Å². The second kappa shape index (κ2) is 7.77. The number of furan rings is 1. The normalized spacial score (nSPS) is 16.4. The van der Waals surface area contributed by atoms with Crippen molar-refractivity contribution in [3.63, 3.8) is 0 Å². The van der Waals surface area contributed by atoms with Crippen molar-refractivity contribution in [2.24, 2.45) is 7.05 Å². The maximum atomic E-state index is 6.41. The van der Waals surface area contributed by atoms with Crippen molar-refractivity contribution in [1.82, 2.24) is 4.98 Å². The summed E-state index contributed by atoms with van der Waals surface area (Å²) in [5.74, 6) is 0. The third kappa shape index (κ3) is 3.09. The molecule has 3 nitrogen and oxygen atoms in total. The van der Waals surface area contributed by atoms with E-state index in [4.69, 9.17) is 4.42 Å². The average Bonchev–Trinajstić information content (AvgIpc) is 3.67. The lowest BCUT2D eigenvalue weighted by Crippen LogP contribution is -2.60. The molecule has 39 heavy (non-hydrogen) atoms. The summed E-state index contributed by atoms with van der Waals surface area (Å²) < 4.78 is 8.62. The van der Waals surface area contributed by atoms with Crippen molar-refractivity contribution < 1.29 is 8.98 Å². The Bertz CT molecular complexity index is 1980. The minimum absolute atomic E-state index is 0.205. The highest BCUT2D eigenvalue weighted by atomic mass is 28.3. The predicted molar refractivity (Wildman–Crippen MR) is 162 cm³/mol. The Morgan fingerprint density at radius 1 is 0.846 bits per heavy atom. The molecule has 4 heterocycles. The Morgan fingerprint density at radius 3 is 2.49 bits per heavy atom. The Labute approximate surface area is 229 Å². The van der Waals surface area contributed by atoms with Gasteiger partial charge in [0, 0.05) is 29.1 Å². The highest BCUT2D eigenvalue weighted by Crippen LogP contribution is 2.55. The smallest absolute Gasteiger partial charge is 0.216 e. The number of aromatic nitrogens is 2. The van der Waals surface area contributed by atoms with Gasteiger partial charge >= 0.3 is 0 Å². The topological polar surface area (TPSA) is 29.9 Å². The largest absolute Gasteiger partial charge is 0.453 e. The van der Waals surface area contributed by atoms with Gasteiger partial charge in [-0.2, -0.15) is 0 Å². The lowest BCUT2D eigenvalue weighted by Gasteiger charge is -2.39. The Balaban J connectivity index is 1.32. The lowest BCUT2D eigenvalue weighted by atomic mass is 9.85. The van der Waals surface area contributed by atoms with Crippen LogP contribution in [0.5, 0.6) is 0 Å². The molecule has 1 aliphatic heterocycles. The third-order valence-corrected chi connectivity index (χ3v) is 13.0. The van der Waals surface area contributed by atoms with Crippen molar-refractivity contribution in [3.8, 4) is 22.4 Å². The van der Waals surface area contributed by atoms with E-state index in [0.29, 0.717) is 0 Å². The van der Waals surface area contributed by atoms with Crippen LogP contribution in [0, 0.1) is 6.92 Å². The maximum Gasteiger partial charge on any atom is 0.216 e. The standard InChI is InChI=1S/C35H31N2OSi/c1-22-11-13-25-33-29(9-7-18-36-33)38-34(25)32(22)28-21-24(15-19-37(28)2)23-12-14-31-27(20-23)35(16-17-35)26-8-5-6-10-30(26)39(31,3)4/h5-15,18-21H,16-17H2,1-4H3/q+1. The van der Waals surface area contributed by atoms with Crippen LogP contribution in [0.25, 0.3) is 44.5 Å². The maximum absolute atomic E-state index is 6.41. The van der Waals surface area contributed by atoms with E-state index in [1.807, 2.05) is 18.3 Å². The van der Waals surface area contributed by atoms with Gasteiger partial charge in [0.2, 0.25) is 5.69 Å². The van der Waals surface area contributed by atoms with E-state index in [1.54, 1.807) is 21.5 Å². The third-order valence-electron chi connectivity index (χ3n) is 9.42. The molecular formula is C35H31N2OSi+. The summed E-state index contributed by atoms with van der Waals surface area (Å²) in [7, 11) is 0.367. The number of nitrogens with zero attached hydrogens (tertiary/aromatic N) is 2. The molecule has 0 N–H and O–H groups in total. The number of hydrogen-bond acceptors (Lipinski definition) is 2. The number of pyridine rings is 2. The second-order valence-corrected chi connectivity index (χ2v) is 16.3. The minimum atomic E-state index is -1.75. The molecule has 2 aliphatic rings. The van der Waals surface area contributed by atoms with E-state index in [0.717, 1.165) is 33.3 Å². The molecule has 0 atom stereocenters. The van der Waals surface area contributed by atoms with E-state index in [2.05, 4.69) is 110 Å². The van der Waals surface area contributed by atoms with Gasteiger partial charge in [-0.25, -0.2) is 4.57 Å². The highest BCUT2D eigenvalue weighted by molar-refractivity contribution is 7.01. The van der Waals surface area contributed by atoms with Gasteiger partial charge < -0.3 is 4.42 Å². The molecule has 0 radical (unpaired) electrons. The molecule has 190 valence electrons. The summed E-state index contributed by atoms with van der Waals surface area (Å²) in [5.41, 5.74) is 12.0. The first-order valence-electron chi connectivity index (χ1n) is 13.9. The minimum Gasteiger partial charge on any atom is -0.453 e. The van der Waals surface area contributed by atoms with Crippen LogP contribution in [-0.4, -0.2) is 13.1 Å². The predicted octanol–water partition coefficient (Wildman–Crippen LogP) is 6.66. The summed E-state index contributed by atoms with van der Waals surface area (Å²) in [5, 5.41) is 4.30. The van der Waals surface area contributed by atoms with Crippen LogP contribution in [0.3, 0.4) is 0 Å². The van der Waals surface area contributed by atoms with Gasteiger partial charge in [0.1, 0.15) is 20.6 Å². The molecule has 1 saturated carbocycles. The second-order valence-electron chi connectivity index (χ2n) is 12.0. The number of fused-ring (bicyclic) bond motifs is 7. The zero-order chi connectivity index (χ0) is 26.5. The Morgan fingerprint density at radius 2 is 1.64 bits per heavy atom. The average molecular weight is 524 g/mol. The van der Waals surface area contributed by atoms with Crippen LogP contribution in [0.1, 0.15) is 29.5 Å². The van der Waals surface area contributed by atoms with Crippen LogP contribution >= 0.6 is 0 Å². The molecule has 0 saturated heterocycles. The zero-order valence-corrected chi connectivity index (χ0v) is 23.9. The number of aryl methyl sites for hydroxylation is 2. The van der Waals surface area contributed by atoms with Crippen molar-refractivity contribution >= 4 is 40.5 Å². The quantitative estimate of drug-likeness (QED) is 0.188. The molecule has 1 spiro atoms. The van der Waals surface area contributed by atoms with Crippen LogP contribution in [-0.2, 0) is 12.5 Å². The van der Waals surface area contributed by atoms with E-state index < -0.39 is 8.07 Å². The highest BCUT2D eigenvalue weighted by Gasteiger charge is 2.54. The van der Waals surface area contributed by atoms with E-state index in [1.165, 1.54) is 29.5 Å². The van der Waals surface area contributed by atoms with E-state index in [9.17, 15) is 0 Å². The fourth-order valence-corrected chi connectivity index (χ4v) is 10.4. The van der Waals surface area contributed by atoms with Crippen LogP contribution < -0.4 is 14.9 Å². The van der Waals surface area contributed by atoms with Crippen LogP contribution in [0.4, 0.5) is 0 Å². The molecule has 0 amide bonds. The molecule has 3 aromatic heterocycles. The number of hydrogen-bond donors (Lipinski definition) is 0. The van der Waals surface area contributed by atoms with Crippen LogP contribution in [0.15, 0.2) is 95.7 Å². The summed E-state index contributed by atoms with van der Waals surface area (Å²) >= 11 is 0. The molecule has 3 aromatic carbocycles. The van der Waals surface area contributed by atoms with Gasteiger partial charge in [0.05, 0.1) is 5.56 Å². The van der Waals surface area contributed by atoms with Crippen molar-refractivity contribution in [2.75, 3.05) is 0 Å². The fourth-order valence-electron chi connectivity index (χ4n) is 7.14. The Kier molecular flexibility index (Phi) is 4.56. The van der Waals surface area contributed by atoms with E-state index >= 15 is 0 Å². The molecule has 1 aliphatic carbocycles. The van der Waals surface area contributed by atoms with Gasteiger partial charge in [-0.05, 0) is 65.8 Å². The Hall–Kier alpha value is -4.02. The molecule has 0 unspecified atom stereocenters. The van der Waals surface area contributed by atoms with Gasteiger partial charge in [0.25, 0.3) is 0 Å². The first-order valence-corrected chi connectivity index (χ1v) is 16.9. The molecular weight excluding hydrogens is 492 g/mol. The summed E-state index contributed by atoms with van der Waals surface area (Å²) in [6, 6.07) is 29.4. The molecule has 0 bridgehead atoms. The van der Waals surface area contributed by atoms with Crippen molar-refractivity contribution in [2.45, 2.75) is 38.3 Å². The molecule has 1 fully saturated rings. The van der Waals surface area contributed by atoms with Gasteiger partial charge in [-0.1, -0.05) is 72.0 Å². The van der Waals surface area contributed by atoms with Crippen molar-refractivity contribution in [1.29, 1.82) is 0 Å². The monoisotopic (exact) mass is 523 g/mol. The molecule has 4 heteroatoms. The summed E-state index contributed by atoms with van der Waals surface area (Å²) in [4.78, 5) is 4.61. The molecule has 6 aromatic rings. The summed E-state index contributed by atoms with van der Waals surface area (Å²) in [6.07, 6.45) is 6.52. The SMILES string of the molecule is Cc1ccc2c(oc3cccnc32)c1-c1cc(-c2ccc3c(c2)C2(CC2)c2ccccc2[Si]3(C)C)cc[n+]1C. The van der Waals surface area contributed by atoms with Gasteiger partial charge in [0.15, 0.2) is 17.4 Å². The van der Waals surface area contributed by atoms with E-state index in [-0.39, 0.29) is 5.41 Å². The van der Waals surface area contributed by atoms with Gasteiger partial charge in [-0.3, -0.25) is 4.98 Å². The lowest BCUT2D eigenvalue weighted by molar-refractivity contribution is -0.660. The van der Waals surface area contributed by atoms with Gasteiger partial charge in [-0.15, -0.1) is 0 Å². The fraction of sp³-hybridized carbons (Fsp3) is 0.200. The molecule has 8 rings (SSSR count).